The number of rotatable bonds is 3. The topological polar surface area (TPSA) is 66.0 Å². The summed E-state index contributed by atoms with van der Waals surface area (Å²) in [6.07, 6.45) is 2.51. The van der Waals surface area contributed by atoms with E-state index in [2.05, 4.69) is 9.97 Å². The summed E-state index contributed by atoms with van der Waals surface area (Å²) in [5, 5.41) is 9.10. The van der Waals surface area contributed by atoms with Gasteiger partial charge in [-0.05, 0) is 6.92 Å². The molecule has 0 fully saturated rings. The van der Waals surface area contributed by atoms with Crippen molar-refractivity contribution in [3.63, 3.8) is 0 Å². The first-order chi connectivity index (χ1) is 6.20. The van der Waals surface area contributed by atoms with E-state index in [1.165, 1.54) is 13.3 Å². The number of aliphatic hydroxyl groups excluding tert-OH is 1. The molecule has 0 aliphatic heterocycles. The summed E-state index contributed by atoms with van der Waals surface area (Å²) >= 11 is 0. The first-order valence-electron chi connectivity index (χ1n) is 4.36. The maximum atomic E-state index is 10.6. The number of carbonyl (C=O) groups is 1. The Labute approximate surface area is 78.0 Å². The van der Waals surface area contributed by atoms with E-state index in [-0.39, 0.29) is 5.78 Å². The number of Topliss-reactive ketones (excluding diaryl/α,β-unsaturated/α-hetero) is 1. The number of H-pyrrole nitrogens is 1. The van der Waals surface area contributed by atoms with Gasteiger partial charge in [-0.1, -0.05) is 13.8 Å². The minimum atomic E-state index is -0.907. The molecule has 1 aromatic rings. The van der Waals surface area contributed by atoms with Gasteiger partial charge in [-0.15, -0.1) is 0 Å². The molecule has 1 unspecified atom stereocenters. The average molecular weight is 184 g/mol. The van der Waals surface area contributed by atoms with Crippen molar-refractivity contribution in [3.05, 3.63) is 18.2 Å². The number of nitrogens with zero attached hydrogens (tertiary/aromatic N) is 1. The summed E-state index contributed by atoms with van der Waals surface area (Å²) < 4.78 is 0. The zero-order chi connectivity index (χ0) is 10.3. The van der Waals surface area contributed by atoms with Crippen molar-refractivity contribution in [3.8, 4) is 0 Å². The highest BCUT2D eigenvalue weighted by Gasteiger charge is 2.10. The standard InChI is InChI=1S/C7H10N2O2.C2H6/c1-5(10)7(11)2-6-3-8-4-9-6;1-2/h3-4,7,11H,2H2,1H3,(H,8,9);1-2H3. The zero-order valence-corrected chi connectivity index (χ0v) is 8.24. The Morgan fingerprint density at radius 2 is 2.31 bits per heavy atom. The van der Waals surface area contributed by atoms with E-state index in [1.807, 2.05) is 13.8 Å². The quantitative estimate of drug-likeness (QED) is 0.734. The van der Waals surface area contributed by atoms with Crippen molar-refractivity contribution in [1.82, 2.24) is 9.97 Å². The molecule has 1 atom stereocenters. The molecule has 2 N–H and O–H groups in total. The molecule has 1 heterocycles. The van der Waals surface area contributed by atoms with Gasteiger partial charge in [0.25, 0.3) is 0 Å². The van der Waals surface area contributed by atoms with Gasteiger partial charge >= 0.3 is 0 Å². The Morgan fingerprint density at radius 3 is 2.69 bits per heavy atom. The summed E-state index contributed by atoms with van der Waals surface area (Å²) in [7, 11) is 0. The van der Waals surface area contributed by atoms with Crippen molar-refractivity contribution in [1.29, 1.82) is 0 Å². The SMILES string of the molecule is CC.CC(=O)C(O)Cc1cnc[nH]1. The van der Waals surface area contributed by atoms with Crippen LogP contribution in [0.4, 0.5) is 0 Å². The third-order valence-electron chi connectivity index (χ3n) is 1.44. The van der Waals surface area contributed by atoms with E-state index in [4.69, 9.17) is 5.11 Å². The van der Waals surface area contributed by atoms with Gasteiger partial charge in [0.05, 0.1) is 6.33 Å². The highest BCUT2D eigenvalue weighted by molar-refractivity contribution is 5.80. The molecular weight excluding hydrogens is 168 g/mol. The Bertz CT molecular complexity index is 232. The molecule has 1 aromatic heterocycles. The number of aromatic nitrogens is 2. The highest BCUT2D eigenvalue weighted by Crippen LogP contribution is 1.98. The lowest BCUT2D eigenvalue weighted by Crippen LogP contribution is -2.19. The third-order valence-corrected chi connectivity index (χ3v) is 1.44. The van der Waals surface area contributed by atoms with Crippen LogP contribution in [0.3, 0.4) is 0 Å². The van der Waals surface area contributed by atoms with Crippen molar-refractivity contribution < 1.29 is 9.90 Å². The molecule has 0 saturated carbocycles. The molecule has 0 aliphatic rings. The van der Waals surface area contributed by atoms with Crippen molar-refractivity contribution in [2.45, 2.75) is 33.3 Å². The second kappa shape index (κ2) is 6.37. The van der Waals surface area contributed by atoms with Gasteiger partial charge in [0.1, 0.15) is 6.10 Å². The largest absolute Gasteiger partial charge is 0.385 e. The van der Waals surface area contributed by atoms with E-state index >= 15 is 0 Å². The van der Waals surface area contributed by atoms with Gasteiger partial charge in [-0.2, -0.15) is 0 Å². The Morgan fingerprint density at radius 1 is 1.69 bits per heavy atom. The fourth-order valence-electron chi connectivity index (χ4n) is 0.748. The number of hydrogen-bond donors (Lipinski definition) is 2. The molecule has 0 bridgehead atoms. The van der Waals surface area contributed by atoms with Crippen LogP contribution in [-0.4, -0.2) is 27.0 Å². The van der Waals surface area contributed by atoms with Crippen LogP contribution in [0, 0.1) is 0 Å². The lowest BCUT2D eigenvalue weighted by Gasteiger charge is -2.02. The molecule has 0 spiro atoms. The molecule has 74 valence electrons. The molecule has 13 heavy (non-hydrogen) atoms. The van der Waals surface area contributed by atoms with Gasteiger partial charge in [0.2, 0.25) is 0 Å². The number of aromatic amines is 1. The first-order valence-corrected chi connectivity index (χ1v) is 4.36. The van der Waals surface area contributed by atoms with Crippen LogP contribution < -0.4 is 0 Å². The third kappa shape index (κ3) is 4.42. The summed E-state index contributed by atoms with van der Waals surface area (Å²) in [6.45, 7) is 5.36. The fourth-order valence-corrected chi connectivity index (χ4v) is 0.748. The van der Waals surface area contributed by atoms with Crippen LogP contribution in [0.1, 0.15) is 26.5 Å². The Hall–Kier alpha value is -1.16. The smallest absolute Gasteiger partial charge is 0.158 e. The van der Waals surface area contributed by atoms with E-state index in [9.17, 15) is 4.79 Å². The van der Waals surface area contributed by atoms with Gasteiger partial charge in [0, 0.05) is 18.3 Å². The molecular formula is C9H16N2O2. The summed E-state index contributed by atoms with van der Waals surface area (Å²) in [4.78, 5) is 17.1. The monoisotopic (exact) mass is 184 g/mol. The van der Waals surface area contributed by atoms with E-state index in [0.29, 0.717) is 6.42 Å². The number of carbonyl (C=O) groups excluding carboxylic acids is 1. The molecule has 0 aromatic carbocycles. The van der Waals surface area contributed by atoms with Gasteiger partial charge in [-0.3, -0.25) is 4.79 Å². The Kier molecular flexibility index (Phi) is 5.80. The van der Waals surface area contributed by atoms with Gasteiger partial charge in [-0.25, -0.2) is 4.98 Å². The van der Waals surface area contributed by atoms with E-state index < -0.39 is 6.10 Å². The molecule has 0 saturated heterocycles. The fraction of sp³-hybridized carbons (Fsp3) is 0.556. The molecule has 1 rings (SSSR count). The summed E-state index contributed by atoms with van der Waals surface area (Å²) in [5.41, 5.74) is 0.771. The maximum Gasteiger partial charge on any atom is 0.158 e. The van der Waals surface area contributed by atoms with Gasteiger partial charge in [0.15, 0.2) is 5.78 Å². The summed E-state index contributed by atoms with van der Waals surface area (Å²) in [6, 6.07) is 0. The van der Waals surface area contributed by atoms with Crippen molar-refractivity contribution in [2.75, 3.05) is 0 Å². The molecule has 0 radical (unpaired) electrons. The van der Waals surface area contributed by atoms with Crippen LogP contribution in [0.5, 0.6) is 0 Å². The number of aliphatic hydroxyl groups is 1. The lowest BCUT2D eigenvalue weighted by atomic mass is 10.1. The molecule has 0 amide bonds. The lowest BCUT2D eigenvalue weighted by molar-refractivity contribution is -0.124. The van der Waals surface area contributed by atoms with Crippen LogP contribution in [0.2, 0.25) is 0 Å². The zero-order valence-electron chi connectivity index (χ0n) is 8.24. The van der Waals surface area contributed by atoms with Crippen LogP contribution >= 0.6 is 0 Å². The second-order valence-electron chi connectivity index (χ2n) is 2.41. The maximum absolute atomic E-state index is 10.6. The number of nitrogens with one attached hydrogen (secondary N) is 1. The van der Waals surface area contributed by atoms with E-state index in [0.717, 1.165) is 5.69 Å². The minimum absolute atomic E-state index is 0.223. The summed E-state index contributed by atoms with van der Waals surface area (Å²) in [5.74, 6) is -0.223. The number of hydrogen-bond acceptors (Lipinski definition) is 3. The predicted octanol–water partition coefficient (Wildman–Crippen LogP) is 0.928. The number of imidazole rings is 1. The molecule has 4 nitrogen and oxygen atoms in total. The minimum Gasteiger partial charge on any atom is -0.385 e. The Balaban J connectivity index is 0.000000671. The highest BCUT2D eigenvalue weighted by atomic mass is 16.3. The van der Waals surface area contributed by atoms with E-state index in [1.54, 1.807) is 6.20 Å². The van der Waals surface area contributed by atoms with Crippen LogP contribution in [-0.2, 0) is 11.2 Å². The van der Waals surface area contributed by atoms with Gasteiger partial charge < -0.3 is 10.1 Å². The molecule has 0 aliphatic carbocycles. The van der Waals surface area contributed by atoms with Crippen molar-refractivity contribution in [2.24, 2.45) is 0 Å². The van der Waals surface area contributed by atoms with Crippen LogP contribution in [0.25, 0.3) is 0 Å². The number of ketones is 1. The van der Waals surface area contributed by atoms with Crippen LogP contribution in [0.15, 0.2) is 12.5 Å². The van der Waals surface area contributed by atoms with Crippen molar-refractivity contribution >= 4 is 5.78 Å². The first kappa shape index (κ1) is 11.8. The second-order valence-corrected chi connectivity index (χ2v) is 2.41. The average Bonchev–Trinajstić information content (AvgIpc) is 2.60. The predicted molar refractivity (Wildman–Crippen MR) is 50.3 cm³/mol. The molecule has 4 heteroatoms. The normalized spacial score (nSPS) is 11.4.